The largest absolute Gasteiger partial charge is 0.371 e. The number of aromatic nitrogens is 3. The van der Waals surface area contributed by atoms with E-state index in [1.54, 1.807) is 6.20 Å². The number of fused-ring (bicyclic) bond motifs is 2. The molecule has 1 atom stereocenters. The van der Waals surface area contributed by atoms with E-state index in [1.165, 1.54) is 16.7 Å². The standard InChI is InChI=1S/C22H23N5O/c1-2-6-16-15(5-1)9-12-28-20(16)14-25-21-17-8-11-23-13-19(17)26-22(27-21)18-7-3-4-10-24-18/h1-7,10,20,23H,8-9,11-14H2,(H,25,26,27)/t20-/m1/s1. The number of hydrogen-bond acceptors (Lipinski definition) is 6. The van der Waals surface area contributed by atoms with Crippen molar-refractivity contribution >= 4 is 5.82 Å². The number of pyridine rings is 1. The maximum atomic E-state index is 6.05. The van der Waals surface area contributed by atoms with Crippen molar-refractivity contribution in [3.63, 3.8) is 0 Å². The van der Waals surface area contributed by atoms with Gasteiger partial charge in [-0.15, -0.1) is 0 Å². The average molecular weight is 373 g/mol. The SMILES string of the molecule is c1ccc(-c2nc3c(c(NC[C@H]4OCCc5ccccc54)n2)CCNC3)nc1. The lowest BCUT2D eigenvalue weighted by Gasteiger charge is -2.27. The van der Waals surface area contributed by atoms with E-state index in [2.05, 4.69) is 39.9 Å². The molecule has 2 N–H and O–H groups in total. The first-order valence-electron chi connectivity index (χ1n) is 9.83. The number of benzene rings is 1. The van der Waals surface area contributed by atoms with Crippen molar-refractivity contribution in [1.82, 2.24) is 20.3 Å². The summed E-state index contributed by atoms with van der Waals surface area (Å²) in [5, 5.41) is 6.96. The van der Waals surface area contributed by atoms with Crippen molar-refractivity contribution in [1.29, 1.82) is 0 Å². The second kappa shape index (κ2) is 7.66. The Bertz CT molecular complexity index is 976. The van der Waals surface area contributed by atoms with Crippen LogP contribution in [0.3, 0.4) is 0 Å². The Morgan fingerprint density at radius 1 is 1.07 bits per heavy atom. The van der Waals surface area contributed by atoms with Crippen LogP contribution >= 0.6 is 0 Å². The van der Waals surface area contributed by atoms with Crippen LogP contribution in [0.2, 0.25) is 0 Å². The van der Waals surface area contributed by atoms with E-state index in [1.807, 2.05) is 18.2 Å². The van der Waals surface area contributed by atoms with Crippen molar-refractivity contribution in [2.24, 2.45) is 0 Å². The highest BCUT2D eigenvalue weighted by molar-refractivity contribution is 5.57. The third kappa shape index (κ3) is 3.37. The molecule has 1 aromatic carbocycles. The van der Waals surface area contributed by atoms with E-state index < -0.39 is 0 Å². The van der Waals surface area contributed by atoms with Crippen molar-refractivity contribution in [2.75, 3.05) is 25.0 Å². The van der Waals surface area contributed by atoms with Gasteiger partial charge in [-0.05, 0) is 42.6 Å². The Morgan fingerprint density at radius 3 is 2.93 bits per heavy atom. The number of ether oxygens (including phenoxy) is 1. The van der Waals surface area contributed by atoms with E-state index in [4.69, 9.17) is 14.7 Å². The summed E-state index contributed by atoms with van der Waals surface area (Å²) in [6.45, 7) is 3.15. The molecule has 0 saturated heterocycles. The molecule has 0 fully saturated rings. The fourth-order valence-corrected chi connectivity index (χ4v) is 3.95. The smallest absolute Gasteiger partial charge is 0.180 e. The summed E-state index contributed by atoms with van der Waals surface area (Å²) in [6.07, 6.45) is 3.71. The van der Waals surface area contributed by atoms with Gasteiger partial charge in [0.1, 0.15) is 11.5 Å². The average Bonchev–Trinajstić information content (AvgIpc) is 2.78. The molecule has 2 aliphatic rings. The molecule has 3 aromatic rings. The Hall–Kier alpha value is -2.83. The molecule has 0 spiro atoms. The molecule has 6 heteroatoms. The van der Waals surface area contributed by atoms with Gasteiger partial charge in [0.2, 0.25) is 0 Å². The minimum Gasteiger partial charge on any atom is -0.371 e. The van der Waals surface area contributed by atoms with Gasteiger partial charge in [-0.25, -0.2) is 9.97 Å². The highest BCUT2D eigenvalue weighted by Gasteiger charge is 2.23. The first-order chi connectivity index (χ1) is 13.9. The van der Waals surface area contributed by atoms with Crippen LogP contribution in [0, 0.1) is 0 Å². The molecule has 0 amide bonds. The second-order valence-corrected chi connectivity index (χ2v) is 7.15. The normalized spacial score (nSPS) is 18.2. The van der Waals surface area contributed by atoms with Gasteiger partial charge >= 0.3 is 0 Å². The minimum absolute atomic E-state index is 0.0376. The highest BCUT2D eigenvalue weighted by atomic mass is 16.5. The van der Waals surface area contributed by atoms with Gasteiger partial charge in [-0.1, -0.05) is 30.3 Å². The maximum absolute atomic E-state index is 6.05. The van der Waals surface area contributed by atoms with Crippen molar-refractivity contribution in [2.45, 2.75) is 25.5 Å². The molecular formula is C22H23N5O. The topological polar surface area (TPSA) is 72.0 Å². The number of rotatable bonds is 4. The quantitative estimate of drug-likeness (QED) is 0.733. The Balaban J connectivity index is 1.45. The summed E-state index contributed by atoms with van der Waals surface area (Å²) in [4.78, 5) is 14.0. The van der Waals surface area contributed by atoms with E-state index in [0.717, 1.165) is 49.7 Å². The van der Waals surface area contributed by atoms with E-state index in [-0.39, 0.29) is 6.10 Å². The monoisotopic (exact) mass is 373 g/mol. The molecule has 2 aromatic heterocycles. The van der Waals surface area contributed by atoms with Crippen LogP contribution in [0.15, 0.2) is 48.7 Å². The van der Waals surface area contributed by atoms with Crippen molar-refractivity contribution < 1.29 is 4.74 Å². The summed E-state index contributed by atoms with van der Waals surface area (Å²) in [5.41, 5.74) is 5.69. The van der Waals surface area contributed by atoms with E-state index >= 15 is 0 Å². The second-order valence-electron chi connectivity index (χ2n) is 7.15. The van der Waals surface area contributed by atoms with Gasteiger partial charge < -0.3 is 15.4 Å². The third-order valence-corrected chi connectivity index (χ3v) is 5.38. The lowest BCUT2D eigenvalue weighted by molar-refractivity contribution is 0.0513. The summed E-state index contributed by atoms with van der Waals surface area (Å²) >= 11 is 0. The molecule has 142 valence electrons. The predicted molar refractivity (Wildman–Crippen MR) is 108 cm³/mol. The van der Waals surface area contributed by atoms with Gasteiger partial charge in [-0.2, -0.15) is 0 Å². The zero-order valence-electron chi connectivity index (χ0n) is 15.7. The maximum Gasteiger partial charge on any atom is 0.180 e. The molecule has 5 rings (SSSR count). The van der Waals surface area contributed by atoms with Crippen LogP contribution in [0.5, 0.6) is 0 Å². The lowest BCUT2D eigenvalue weighted by atomic mass is 9.97. The van der Waals surface area contributed by atoms with Crippen LogP contribution in [-0.2, 0) is 24.1 Å². The van der Waals surface area contributed by atoms with Gasteiger partial charge in [0.05, 0.1) is 18.4 Å². The van der Waals surface area contributed by atoms with E-state index in [9.17, 15) is 0 Å². The molecule has 4 heterocycles. The molecule has 6 nitrogen and oxygen atoms in total. The van der Waals surface area contributed by atoms with Crippen LogP contribution in [-0.4, -0.2) is 34.6 Å². The Morgan fingerprint density at radius 2 is 2.00 bits per heavy atom. The van der Waals surface area contributed by atoms with E-state index in [0.29, 0.717) is 12.4 Å². The zero-order valence-corrected chi connectivity index (χ0v) is 15.7. The molecule has 2 aliphatic heterocycles. The number of nitrogens with zero attached hydrogens (tertiary/aromatic N) is 3. The summed E-state index contributed by atoms with van der Waals surface area (Å²) < 4.78 is 6.05. The fraction of sp³-hybridized carbons (Fsp3) is 0.318. The Labute approximate surface area is 164 Å². The van der Waals surface area contributed by atoms with Gasteiger partial charge in [-0.3, -0.25) is 4.98 Å². The van der Waals surface area contributed by atoms with Gasteiger partial charge in [0.25, 0.3) is 0 Å². The minimum atomic E-state index is 0.0376. The van der Waals surface area contributed by atoms with Crippen molar-refractivity contribution in [3.05, 3.63) is 71.0 Å². The van der Waals surface area contributed by atoms with Gasteiger partial charge in [0, 0.05) is 24.8 Å². The molecule has 0 bridgehead atoms. The first kappa shape index (κ1) is 17.3. The first-order valence-corrected chi connectivity index (χ1v) is 9.83. The van der Waals surface area contributed by atoms with Crippen LogP contribution < -0.4 is 10.6 Å². The summed E-state index contributed by atoms with van der Waals surface area (Å²) in [7, 11) is 0. The molecule has 0 aliphatic carbocycles. The number of hydrogen-bond donors (Lipinski definition) is 2. The molecule has 0 unspecified atom stereocenters. The van der Waals surface area contributed by atoms with Crippen LogP contribution in [0.1, 0.15) is 28.5 Å². The number of anilines is 1. The Kier molecular flexibility index (Phi) is 4.72. The van der Waals surface area contributed by atoms with Crippen LogP contribution in [0.25, 0.3) is 11.5 Å². The zero-order chi connectivity index (χ0) is 18.8. The predicted octanol–water partition coefficient (Wildman–Crippen LogP) is 2.91. The van der Waals surface area contributed by atoms with Crippen LogP contribution in [0.4, 0.5) is 5.82 Å². The van der Waals surface area contributed by atoms with Gasteiger partial charge in [0.15, 0.2) is 5.82 Å². The molecule has 0 saturated carbocycles. The van der Waals surface area contributed by atoms with Crippen molar-refractivity contribution in [3.8, 4) is 11.5 Å². The lowest BCUT2D eigenvalue weighted by Crippen LogP contribution is -2.28. The highest BCUT2D eigenvalue weighted by Crippen LogP contribution is 2.29. The fourth-order valence-electron chi connectivity index (χ4n) is 3.95. The third-order valence-electron chi connectivity index (χ3n) is 5.38. The summed E-state index contributed by atoms with van der Waals surface area (Å²) in [5.74, 6) is 1.56. The number of nitrogens with one attached hydrogen (secondary N) is 2. The molecule has 0 radical (unpaired) electrons. The molecule has 28 heavy (non-hydrogen) atoms. The molecular weight excluding hydrogens is 350 g/mol. The summed E-state index contributed by atoms with van der Waals surface area (Å²) in [6, 6.07) is 14.4.